The van der Waals surface area contributed by atoms with Gasteiger partial charge in [-0.15, -0.1) is 0 Å². The smallest absolute Gasteiger partial charge is 0.138 e. The van der Waals surface area contributed by atoms with Crippen molar-refractivity contribution in [3.63, 3.8) is 0 Å². The lowest BCUT2D eigenvalue weighted by atomic mass is 10.2. The van der Waals surface area contributed by atoms with Crippen molar-refractivity contribution < 1.29 is 5.11 Å². The van der Waals surface area contributed by atoms with Crippen LogP contribution in [0.1, 0.15) is 5.56 Å². The molecule has 0 atom stereocenters. The van der Waals surface area contributed by atoms with Gasteiger partial charge in [-0.25, -0.2) is 4.98 Å². The summed E-state index contributed by atoms with van der Waals surface area (Å²) in [6, 6.07) is 11.4. The van der Waals surface area contributed by atoms with Crippen molar-refractivity contribution in [3.8, 4) is 17.1 Å². The fourth-order valence-electron chi connectivity index (χ4n) is 1.97. The van der Waals surface area contributed by atoms with Gasteiger partial charge in [-0.3, -0.25) is 0 Å². The Bertz CT molecular complexity index is 734. The maximum atomic E-state index is 9.70. The Labute approximate surface area is 113 Å². The summed E-state index contributed by atoms with van der Waals surface area (Å²) in [5.74, 6) is 0.978. The summed E-state index contributed by atoms with van der Waals surface area (Å²) in [5.41, 5.74) is 3.98. The van der Waals surface area contributed by atoms with E-state index in [0.717, 1.165) is 28.0 Å². The van der Waals surface area contributed by atoms with Crippen LogP contribution in [0.3, 0.4) is 0 Å². The predicted octanol–water partition coefficient (Wildman–Crippen LogP) is 4.01. The van der Waals surface area contributed by atoms with E-state index in [-0.39, 0.29) is 5.75 Å². The SMILES string of the molecule is Cc1cccc2[nH]c(-c3ccc(Br)c(O)c3)nc12. The van der Waals surface area contributed by atoms with Gasteiger partial charge in [0.1, 0.15) is 11.6 Å². The number of phenols is 1. The van der Waals surface area contributed by atoms with E-state index >= 15 is 0 Å². The first-order valence-electron chi connectivity index (χ1n) is 5.59. The second-order valence-corrected chi connectivity index (χ2v) is 5.08. The van der Waals surface area contributed by atoms with Crippen LogP contribution in [0, 0.1) is 6.92 Å². The number of H-pyrrole nitrogens is 1. The molecule has 18 heavy (non-hydrogen) atoms. The third-order valence-corrected chi connectivity index (χ3v) is 3.60. The van der Waals surface area contributed by atoms with Crippen LogP contribution >= 0.6 is 15.9 Å². The first-order chi connectivity index (χ1) is 8.65. The maximum Gasteiger partial charge on any atom is 0.138 e. The van der Waals surface area contributed by atoms with Gasteiger partial charge in [0.2, 0.25) is 0 Å². The molecule has 0 aliphatic heterocycles. The standard InChI is InChI=1S/C14H11BrN2O/c1-8-3-2-4-11-13(8)17-14(16-11)9-5-6-10(15)12(18)7-9/h2-7,18H,1H3,(H,16,17). The number of phenolic OH excluding ortho intramolecular Hbond substituents is 1. The first kappa shape index (κ1) is 11.3. The van der Waals surface area contributed by atoms with Crippen LogP contribution in [-0.2, 0) is 0 Å². The zero-order valence-electron chi connectivity index (χ0n) is 9.74. The monoisotopic (exact) mass is 302 g/mol. The lowest BCUT2D eigenvalue weighted by molar-refractivity contribution is 0.472. The molecule has 0 amide bonds. The summed E-state index contributed by atoms with van der Waals surface area (Å²) >= 11 is 3.27. The van der Waals surface area contributed by atoms with E-state index in [0.29, 0.717) is 4.47 Å². The zero-order chi connectivity index (χ0) is 12.7. The molecule has 3 rings (SSSR count). The van der Waals surface area contributed by atoms with Gasteiger partial charge in [0.05, 0.1) is 15.5 Å². The van der Waals surface area contributed by atoms with Gasteiger partial charge in [-0.2, -0.15) is 0 Å². The maximum absolute atomic E-state index is 9.70. The lowest BCUT2D eigenvalue weighted by Crippen LogP contribution is -1.80. The van der Waals surface area contributed by atoms with Crippen LogP contribution in [0.5, 0.6) is 5.75 Å². The Morgan fingerprint density at radius 3 is 2.78 bits per heavy atom. The van der Waals surface area contributed by atoms with E-state index in [4.69, 9.17) is 0 Å². The Kier molecular flexibility index (Phi) is 2.59. The molecule has 2 aromatic carbocycles. The number of hydrogen-bond acceptors (Lipinski definition) is 2. The lowest BCUT2D eigenvalue weighted by Gasteiger charge is -1.99. The number of aryl methyl sites for hydroxylation is 1. The predicted molar refractivity (Wildman–Crippen MR) is 75.6 cm³/mol. The number of aromatic amines is 1. The quantitative estimate of drug-likeness (QED) is 0.713. The summed E-state index contributed by atoms with van der Waals surface area (Å²) in [4.78, 5) is 7.83. The molecule has 0 spiro atoms. The number of halogens is 1. The van der Waals surface area contributed by atoms with Crippen molar-refractivity contribution in [1.29, 1.82) is 0 Å². The average molecular weight is 303 g/mol. The highest BCUT2D eigenvalue weighted by Crippen LogP contribution is 2.29. The molecule has 0 unspecified atom stereocenters. The highest BCUT2D eigenvalue weighted by atomic mass is 79.9. The molecule has 0 saturated carbocycles. The second kappa shape index (κ2) is 4.14. The normalized spacial score (nSPS) is 11.0. The van der Waals surface area contributed by atoms with Gasteiger partial charge in [0, 0.05) is 5.56 Å². The Morgan fingerprint density at radius 1 is 1.22 bits per heavy atom. The number of fused-ring (bicyclic) bond motifs is 1. The van der Waals surface area contributed by atoms with E-state index in [1.165, 1.54) is 0 Å². The Morgan fingerprint density at radius 2 is 2.06 bits per heavy atom. The number of nitrogens with zero attached hydrogens (tertiary/aromatic N) is 1. The number of para-hydroxylation sites is 1. The molecule has 1 heterocycles. The van der Waals surface area contributed by atoms with Crippen molar-refractivity contribution in [2.75, 3.05) is 0 Å². The minimum Gasteiger partial charge on any atom is -0.507 e. The van der Waals surface area contributed by atoms with Crippen molar-refractivity contribution in [2.24, 2.45) is 0 Å². The van der Waals surface area contributed by atoms with Gasteiger partial charge >= 0.3 is 0 Å². The molecule has 3 aromatic rings. The molecule has 0 radical (unpaired) electrons. The van der Waals surface area contributed by atoms with Crippen LogP contribution in [-0.4, -0.2) is 15.1 Å². The minimum absolute atomic E-state index is 0.213. The molecule has 0 saturated heterocycles. The summed E-state index contributed by atoms with van der Waals surface area (Å²) < 4.78 is 0.679. The van der Waals surface area contributed by atoms with E-state index < -0.39 is 0 Å². The van der Waals surface area contributed by atoms with E-state index in [2.05, 4.69) is 25.9 Å². The molecule has 0 aliphatic rings. The zero-order valence-corrected chi connectivity index (χ0v) is 11.3. The summed E-state index contributed by atoms with van der Waals surface area (Å²) in [6.07, 6.45) is 0. The van der Waals surface area contributed by atoms with Crippen LogP contribution in [0.2, 0.25) is 0 Å². The van der Waals surface area contributed by atoms with Crippen molar-refractivity contribution in [2.45, 2.75) is 6.92 Å². The highest BCUT2D eigenvalue weighted by molar-refractivity contribution is 9.10. The van der Waals surface area contributed by atoms with Crippen LogP contribution in [0.25, 0.3) is 22.4 Å². The Hall–Kier alpha value is -1.81. The number of rotatable bonds is 1. The molecule has 4 heteroatoms. The minimum atomic E-state index is 0.213. The first-order valence-corrected chi connectivity index (χ1v) is 6.38. The largest absolute Gasteiger partial charge is 0.507 e. The number of aromatic nitrogens is 2. The highest BCUT2D eigenvalue weighted by Gasteiger charge is 2.08. The topological polar surface area (TPSA) is 48.9 Å². The summed E-state index contributed by atoms with van der Waals surface area (Å²) in [5, 5.41) is 9.70. The molecular weight excluding hydrogens is 292 g/mol. The fourth-order valence-corrected chi connectivity index (χ4v) is 2.22. The molecule has 0 fully saturated rings. The van der Waals surface area contributed by atoms with Crippen molar-refractivity contribution >= 4 is 27.0 Å². The van der Waals surface area contributed by atoms with E-state index in [9.17, 15) is 5.11 Å². The number of imidazole rings is 1. The molecule has 0 bridgehead atoms. The van der Waals surface area contributed by atoms with Gasteiger partial charge in [0.15, 0.2) is 0 Å². The van der Waals surface area contributed by atoms with E-state index in [1.807, 2.05) is 37.3 Å². The second-order valence-electron chi connectivity index (χ2n) is 4.22. The molecule has 2 N–H and O–H groups in total. The van der Waals surface area contributed by atoms with Crippen LogP contribution < -0.4 is 0 Å². The number of nitrogens with one attached hydrogen (secondary N) is 1. The number of aromatic hydroxyl groups is 1. The average Bonchev–Trinajstić information content (AvgIpc) is 2.78. The van der Waals surface area contributed by atoms with Gasteiger partial charge in [0.25, 0.3) is 0 Å². The molecular formula is C14H11BrN2O. The third-order valence-electron chi connectivity index (χ3n) is 2.93. The van der Waals surface area contributed by atoms with Gasteiger partial charge in [-0.1, -0.05) is 12.1 Å². The van der Waals surface area contributed by atoms with Gasteiger partial charge < -0.3 is 10.1 Å². The molecule has 90 valence electrons. The molecule has 3 nitrogen and oxygen atoms in total. The van der Waals surface area contributed by atoms with E-state index in [1.54, 1.807) is 6.07 Å². The van der Waals surface area contributed by atoms with Crippen molar-refractivity contribution in [1.82, 2.24) is 9.97 Å². The van der Waals surface area contributed by atoms with Gasteiger partial charge in [-0.05, 0) is 52.7 Å². The van der Waals surface area contributed by atoms with Crippen LogP contribution in [0.4, 0.5) is 0 Å². The van der Waals surface area contributed by atoms with Crippen molar-refractivity contribution in [3.05, 3.63) is 46.4 Å². The third kappa shape index (κ3) is 1.78. The number of hydrogen-bond donors (Lipinski definition) is 2. The summed E-state index contributed by atoms with van der Waals surface area (Å²) in [7, 11) is 0. The molecule has 0 aliphatic carbocycles. The van der Waals surface area contributed by atoms with Crippen LogP contribution in [0.15, 0.2) is 40.9 Å². The summed E-state index contributed by atoms with van der Waals surface area (Å²) in [6.45, 7) is 2.03. The number of benzene rings is 2. The fraction of sp³-hybridized carbons (Fsp3) is 0.0714. The molecule has 1 aromatic heterocycles. The Balaban J connectivity index is 2.19.